The first-order valence-electron chi connectivity index (χ1n) is 6.70. The van der Waals surface area contributed by atoms with Crippen LogP contribution in [0.25, 0.3) is 0 Å². The number of likely N-dealkylation sites (N-methyl/N-ethyl adjacent to an activating group) is 1. The molecule has 1 fully saturated rings. The second-order valence-electron chi connectivity index (χ2n) is 5.12. The summed E-state index contributed by atoms with van der Waals surface area (Å²) in [4.78, 5) is 20.6. The van der Waals surface area contributed by atoms with E-state index in [0.29, 0.717) is 6.54 Å². The van der Waals surface area contributed by atoms with Crippen molar-refractivity contribution in [3.8, 4) is 0 Å². The van der Waals surface area contributed by atoms with Crippen LogP contribution in [0, 0.1) is 0 Å². The molecule has 0 spiro atoms. The fourth-order valence-electron chi connectivity index (χ4n) is 2.50. The van der Waals surface area contributed by atoms with Crippen molar-refractivity contribution in [2.45, 2.75) is 19.0 Å². The maximum Gasteiger partial charge on any atom is 0.240 e. The Bertz CT molecular complexity index is 421. The third-order valence-corrected chi connectivity index (χ3v) is 3.62. The van der Waals surface area contributed by atoms with Crippen LogP contribution in [0.4, 0.5) is 0 Å². The topological polar surface area (TPSA) is 48.5 Å². The molecule has 0 aromatic carbocycles. The maximum absolute atomic E-state index is 12.3. The molecular formula is C14H22N4O. The van der Waals surface area contributed by atoms with Crippen LogP contribution < -0.4 is 5.32 Å². The number of carbonyl (C=O) groups is 1. The van der Waals surface area contributed by atoms with E-state index < -0.39 is 0 Å². The third-order valence-electron chi connectivity index (χ3n) is 3.62. The summed E-state index contributed by atoms with van der Waals surface area (Å²) in [5.74, 6) is 0.148. The van der Waals surface area contributed by atoms with E-state index in [1.165, 1.54) is 0 Å². The smallest absolute Gasteiger partial charge is 0.240 e. The number of amides is 1. The molecule has 0 bridgehead atoms. The Morgan fingerprint density at radius 1 is 1.53 bits per heavy atom. The fraction of sp³-hybridized carbons (Fsp3) is 0.571. The number of hydrogen-bond donors (Lipinski definition) is 1. The van der Waals surface area contributed by atoms with Crippen LogP contribution >= 0.6 is 0 Å². The maximum atomic E-state index is 12.3. The number of rotatable bonds is 3. The van der Waals surface area contributed by atoms with Gasteiger partial charge in [0.25, 0.3) is 0 Å². The highest BCUT2D eigenvalue weighted by atomic mass is 16.2. The number of hydrogen-bond acceptors (Lipinski definition) is 4. The average Bonchev–Trinajstić information content (AvgIpc) is 2.46. The number of aromatic nitrogens is 1. The van der Waals surface area contributed by atoms with Gasteiger partial charge in [-0.25, -0.2) is 0 Å². The second-order valence-corrected chi connectivity index (χ2v) is 5.12. The molecule has 1 aromatic heterocycles. The fourth-order valence-corrected chi connectivity index (χ4v) is 2.50. The third kappa shape index (κ3) is 3.11. The molecule has 1 aromatic rings. The predicted molar refractivity (Wildman–Crippen MR) is 74.7 cm³/mol. The van der Waals surface area contributed by atoms with E-state index >= 15 is 0 Å². The van der Waals surface area contributed by atoms with Crippen molar-refractivity contribution in [2.24, 2.45) is 0 Å². The van der Waals surface area contributed by atoms with Gasteiger partial charge in [-0.05, 0) is 19.1 Å². The second kappa shape index (κ2) is 6.12. The molecule has 2 rings (SSSR count). The van der Waals surface area contributed by atoms with E-state index in [4.69, 9.17) is 0 Å². The first-order chi connectivity index (χ1) is 9.11. The summed E-state index contributed by atoms with van der Waals surface area (Å²) in [5.41, 5.74) is 1.01. The highest BCUT2D eigenvalue weighted by Gasteiger charge is 2.33. The van der Waals surface area contributed by atoms with Crippen molar-refractivity contribution in [2.75, 3.05) is 33.7 Å². The van der Waals surface area contributed by atoms with Gasteiger partial charge in [-0.1, -0.05) is 6.07 Å². The van der Waals surface area contributed by atoms with E-state index in [2.05, 4.69) is 22.1 Å². The lowest BCUT2D eigenvalue weighted by Crippen LogP contribution is -2.58. The first-order valence-corrected chi connectivity index (χ1v) is 6.70. The molecule has 1 aliphatic heterocycles. The van der Waals surface area contributed by atoms with Crippen molar-refractivity contribution in [1.82, 2.24) is 20.1 Å². The molecule has 2 atom stereocenters. The summed E-state index contributed by atoms with van der Waals surface area (Å²) in [6, 6.07) is 5.96. The molecule has 1 N–H and O–H groups in total. The lowest BCUT2D eigenvalue weighted by Gasteiger charge is -2.39. The molecule has 5 heteroatoms. The minimum Gasteiger partial charge on any atom is -0.347 e. The highest BCUT2D eigenvalue weighted by molar-refractivity contribution is 5.81. The van der Waals surface area contributed by atoms with Gasteiger partial charge in [0, 0.05) is 39.9 Å². The van der Waals surface area contributed by atoms with Crippen molar-refractivity contribution in [3.63, 3.8) is 0 Å². The van der Waals surface area contributed by atoms with Gasteiger partial charge in [0.05, 0.1) is 11.7 Å². The van der Waals surface area contributed by atoms with E-state index in [0.717, 1.165) is 18.8 Å². The van der Waals surface area contributed by atoms with E-state index in [1.54, 1.807) is 25.2 Å². The molecule has 2 heterocycles. The average molecular weight is 262 g/mol. The van der Waals surface area contributed by atoms with Gasteiger partial charge in [-0.15, -0.1) is 0 Å². The van der Waals surface area contributed by atoms with E-state index in [-0.39, 0.29) is 18.0 Å². The SMILES string of the molecule is CC(c1ccccn1)N1CCNCC1C(=O)N(C)C. The minimum atomic E-state index is -0.110. The number of nitrogens with zero attached hydrogens (tertiary/aromatic N) is 3. The molecule has 104 valence electrons. The largest absolute Gasteiger partial charge is 0.347 e. The summed E-state index contributed by atoms with van der Waals surface area (Å²) >= 11 is 0. The summed E-state index contributed by atoms with van der Waals surface area (Å²) in [6.45, 7) is 4.59. The Hall–Kier alpha value is -1.46. The van der Waals surface area contributed by atoms with Crippen LogP contribution in [0.3, 0.4) is 0 Å². The summed E-state index contributed by atoms with van der Waals surface area (Å²) < 4.78 is 0. The minimum absolute atomic E-state index is 0.110. The van der Waals surface area contributed by atoms with Crippen molar-refractivity contribution in [3.05, 3.63) is 30.1 Å². The summed E-state index contributed by atoms with van der Waals surface area (Å²) in [6.07, 6.45) is 1.80. The molecule has 5 nitrogen and oxygen atoms in total. The zero-order chi connectivity index (χ0) is 13.8. The normalized spacial score (nSPS) is 21.9. The number of piperazine rings is 1. The van der Waals surface area contributed by atoms with Gasteiger partial charge in [0.2, 0.25) is 5.91 Å². The van der Waals surface area contributed by atoms with Crippen molar-refractivity contribution >= 4 is 5.91 Å². The summed E-state index contributed by atoms with van der Waals surface area (Å²) in [5, 5.41) is 3.30. The Kier molecular flexibility index (Phi) is 4.50. The molecule has 19 heavy (non-hydrogen) atoms. The first kappa shape index (κ1) is 14.0. The molecule has 2 unspecified atom stereocenters. The monoisotopic (exact) mass is 262 g/mol. The summed E-state index contributed by atoms with van der Waals surface area (Å²) in [7, 11) is 3.61. The van der Waals surface area contributed by atoms with Crippen molar-refractivity contribution < 1.29 is 4.79 Å². The molecule has 1 saturated heterocycles. The molecule has 0 saturated carbocycles. The molecular weight excluding hydrogens is 240 g/mol. The van der Waals surface area contributed by atoms with Gasteiger partial charge in [0.15, 0.2) is 0 Å². The van der Waals surface area contributed by atoms with Gasteiger partial charge in [0.1, 0.15) is 6.04 Å². The van der Waals surface area contributed by atoms with Crippen LogP contribution in [-0.2, 0) is 4.79 Å². The zero-order valence-corrected chi connectivity index (χ0v) is 11.8. The van der Waals surface area contributed by atoms with E-state index in [1.807, 2.05) is 18.2 Å². The van der Waals surface area contributed by atoms with Crippen LogP contribution in [0.15, 0.2) is 24.4 Å². The standard InChI is InChI=1S/C14H22N4O/c1-11(12-6-4-5-7-16-12)18-9-8-15-10-13(18)14(19)17(2)3/h4-7,11,13,15H,8-10H2,1-3H3. The van der Waals surface area contributed by atoms with Gasteiger partial charge in [-0.3, -0.25) is 14.7 Å². The molecule has 1 amide bonds. The molecule has 1 aliphatic rings. The zero-order valence-electron chi connectivity index (χ0n) is 11.8. The lowest BCUT2D eigenvalue weighted by molar-refractivity contribution is -0.136. The lowest BCUT2D eigenvalue weighted by atomic mass is 10.1. The Labute approximate surface area is 114 Å². The van der Waals surface area contributed by atoms with Gasteiger partial charge >= 0.3 is 0 Å². The molecule has 0 aliphatic carbocycles. The van der Waals surface area contributed by atoms with Crippen LogP contribution in [0.1, 0.15) is 18.7 Å². The number of pyridine rings is 1. The van der Waals surface area contributed by atoms with Crippen LogP contribution in [-0.4, -0.2) is 60.5 Å². The number of carbonyl (C=O) groups excluding carboxylic acids is 1. The van der Waals surface area contributed by atoms with Crippen LogP contribution in [0.5, 0.6) is 0 Å². The molecule has 0 radical (unpaired) electrons. The predicted octanol–water partition coefficient (Wildman–Crippen LogP) is 0.505. The Morgan fingerprint density at radius 3 is 2.95 bits per heavy atom. The van der Waals surface area contributed by atoms with Gasteiger partial charge < -0.3 is 10.2 Å². The Balaban J connectivity index is 2.18. The van der Waals surface area contributed by atoms with Crippen molar-refractivity contribution in [1.29, 1.82) is 0 Å². The Morgan fingerprint density at radius 2 is 2.32 bits per heavy atom. The van der Waals surface area contributed by atoms with Crippen LogP contribution in [0.2, 0.25) is 0 Å². The van der Waals surface area contributed by atoms with Gasteiger partial charge in [-0.2, -0.15) is 0 Å². The number of nitrogens with one attached hydrogen (secondary N) is 1. The van der Waals surface area contributed by atoms with E-state index in [9.17, 15) is 4.79 Å². The highest BCUT2D eigenvalue weighted by Crippen LogP contribution is 2.22. The quantitative estimate of drug-likeness (QED) is 0.862.